The Hall–Kier alpha value is -2.58. The standard InChI is InChI=1S/C27H34O2/c1-6-17-29-21(5)18-27(22(7-2)19-26(28)8-3)25-15-13-24(14-16-25)23-11-9-20(4)10-12-23/h6,8-18,22,26-28H,3,7,19H2,1-2,4-5H3/b17-6+,21-18+. The number of aliphatic hydroxyl groups is 1. The smallest absolute Gasteiger partial charge is 0.0967 e. The highest BCUT2D eigenvalue weighted by Gasteiger charge is 2.22. The lowest BCUT2D eigenvalue weighted by Gasteiger charge is -2.26. The quantitative estimate of drug-likeness (QED) is 0.344. The van der Waals surface area contributed by atoms with Crippen molar-refractivity contribution in [2.45, 2.75) is 52.6 Å². The van der Waals surface area contributed by atoms with E-state index in [1.165, 1.54) is 22.3 Å². The minimum Gasteiger partial charge on any atom is -0.470 e. The zero-order chi connectivity index (χ0) is 21.2. The highest BCUT2D eigenvalue weighted by atomic mass is 16.5. The fraction of sp³-hybridized carbons (Fsp3) is 0.333. The predicted molar refractivity (Wildman–Crippen MR) is 124 cm³/mol. The SMILES string of the molecule is C=CC(O)CC(CC)C(/C=C(\C)O/C=C/C)c1ccc(-c2ccc(C)cc2)cc1. The van der Waals surface area contributed by atoms with Crippen LogP contribution in [-0.4, -0.2) is 11.2 Å². The summed E-state index contributed by atoms with van der Waals surface area (Å²) in [5, 5.41) is 10.2. The molecule has 0 spiro atoms. The van der Waals surface area contributed by atoms with Gasteiger partial charge in [-0.25, -0.2) is 0 Å². The number of hydrogen-bond donors (Lipinski definition) is 1. The molecule has 2 aromatic carbocycles. The summed E-state index contributed by atoms with van der Waals surface area (Å²) in [5.74, 6) is 1.31. The lowest BCUT2D eigenvalue weighted by atomic mass is 9.80. The van der Waals surface area contributed by atoms with Crippen LogP contribution in [-0.2, 0) is 4.74 Å². The molecule has 0 saturated heterocycles. The van der Waals surface area contributed by atoms with E-state index in [1.54, 1.807) is 12.3 Å². The molecule has 2 heteroatoms. The third-order valence-electron chi connectivity index (χ3n) is 5.33. The fourth-order valence-corrected chi connectivity index (χ4v) is 3.59. The van der Waals surface area contributed by atoms with Gasteiger partial charge in [0, 0.05) is 5.92 Å². The van der Waals surface area contributed by atoms with Crippen molar-refractivity contribution in [1.82, 2.24) is 0 Å². The van der Waals surface area contributed by atoms with E-state index in [9.17, 15) is 5.11 Å². The summed E-state index contributed by atoms with van der Waals surface area (Å²) in [6.45, 7) is 11.9. The normalized spacial score (nSPS) is 15.1. The molecular weight excluding hydrogens is 356 g/mol. The predicted octanol–water partition coefficient (Wildman–Crippen LogP) is 7.16. The van der Waals surface area contributed by atoms with Crippen molar-refractivity contribution in [3.63, 3.8) is 0 Å². The Balaban J connectivity index is 2.35. The molecule has 0 amide bonds. The number of allylic oxidation sites excluding steroid dienone is 3. The summed E-state index contributed by atoms with van der Waals surface area (Å²) in [6, 6.07) is 17.4. The molecule has 0 aliphatic heterocycles. The van der Waals surface area contributed by atoms with E-state index in [0.717, 1.165) is 12.2 Å². The molecule has 0 saturated carbocycles. The van der Waals surface area contributed by atoms with Crippen molar-refractivity contribution < 1.29 is 9.84 Å². The first-order chi connectivity index (χ1) is 14.0. The Kier molecular flexibility index (Phi) is 8.95. The van der Waals surface area contributed by atoms with Crippen LogP contribution in [0.2, 0.25) is 0 Å². The molecule has 2 aromatic rings. The van der Waals surface area contributed by atoms with Crippen molar-refractivity contribution in [1.29, 1.82) is 0 Å². The highest BCUT2D eigenvalue weighted by molar-refractivity contribution is 5.64. The number of ether oxygens (including phenoxy) is 1. The topological polar surface area (TPSA) is 29.5 Å². The Morgan fingerprint density at radius 1 is 1.07 bits per heavy atom. The van der Waals surface area contributed by atoms with Gasteiger partial charge in [0.25, 0.3) is 0 Å². The maximum atomic E-state index is 10.2. The Morgan fingerprint density at radius 3 is 2.17 bits per heavy atom. The molecule has 29 heavy (non-hydrogen) atoms. The van der Waals surface area contributed by atoms with Crippen molar-refractivity contribution in [3.8, 4) is 11.1 Å². The van der Waals surface area contributed by atoms with Crippen LogP contribution < -0.4 is 0 Å². The first-order valence-corrected chi connectivity index (χ1v) is 10.4. The number of rotatable bonds is 10. The average molecular weight is 391 g/mol. The van der Waals surface area contributed by atoms with E-state index >= 15 is 0 Å². The molecule has 0 bridgehead atoms. The second-order valence-electron chi connectivity index (χ2n) is 7.59. The molecule has 1 N–H and O–H groups in total. The largest absolute Gasteiger partial charge is 0.470 e. The van der Waals surface area contributed by atoms with Gasteiger partial charge in [-0.1, -0.05) is 79.6 Å². The summed E-state index contributed by atoms with van der Waals surface area (Å²) in [5.41, 5.74) is 4.92. The summed E-state index contributed by atoms with van der Waals surface area (Å²) < 4.78 is 5.67. The summed E-state index contributed by atoms with van der Waals surface area (Å²) >= 11 is 0. The summed E-state index contributed by atoms with van der Waals surface area (Å²) in [4.78, 5) is 0. The number of hydrogen-bond acceptors (Lipinski definition) is 2. The first kappa shape index (κ1) is 22.7. The molecule has 0 aliphatic rings. The van der Waals surface area contributed by atoms with Gasteiger partial charge < -0.3 is 9.84 Å². The Morgan fingerprint density at radius 2 is 1.66 bits per heavy atom. The fourth-order valence-electron chi connectivity index (χ4n) is 3.59. The van der Waals surface area contributed by atoms with Crippen LogP contribution in [0.3, 0.4) is 0 Å². The lowest BCUT2D eigenvalue weighted by Crippen LogP contribution is -2.17. The van der Waals surface area contributed by atoms with Gasteiger partial charge >= 0.3 is 0 Å². The second kappa shape index (κ2) is 11.4. The van der Waals surface area contributed by atoms with E-state index in [4.69, 9.17) is 4.74 Å². The number of benzene rings is 2. The van der Waals surface area contributed by atoms with Gasteiger partial charge in [-0.2, -0.15) is 0 Å². The van der Waals surface area contributed by atoms with E-state index < -0.39 is 6.10 Å². The molecule has 0 fully saturated rings. The van der Waals surface area contributed by atoms with Crippen molar-refractivity contribution in [2.75, 3.05) is 0 Å². The molecule has 2 nitrogen and oxygen atoms in total. The molecule has 3 unspecified atom stereocenters. The van der Waals surface area contributed by atoms with Crippen LogP contribution >= 0.6 is 0 Å². The van der Waals surface area contributed by atoms with Gasteiger partial charge in [0.2, 0.25) is 0 Å². The summed E-state index contributed by atoms with van der Waals surface area (Å²) in [7, 11) is 0. The Bertz CT molecular complexity index is 813. The molecule has 2 rings (SSSR count). The highest BCUT2D eigenvalue weighted by Crippen LogP contribution is 2.34. The maximum absolute atomic E-state index is 10.2. The molecule has 0 aliphatic carbocycles. The number of aryl methyl sites for hydroxylation is 1. The van der Waals surface area contributed by atoms with Gasteiger partial charge in [0.05, 0.1) is 18.1 Å². The van der Waals surface area contributed by atoms with Crippen LogP contribution in [0.5, 0.6) is 0 Å². The lowest BCUT2D eigenvalue weighted by molar-refractivity contribution is 0.179. The van der Waals surface area contributed by atoms with Crippen molar-refractivity contribution >= 4 is 0 Å². The van der Waals surface area contributed by atoms with E-state index in [0.29, 0.717) is 6.42 Å². The second-order valence-corrected chi connectivity index (χ2v) is 7.59. The van der Waals surface area contributed by atoms with E-state index in [-0.39, 0.29) is 11.8 Å². The molecular formula is C27H34O2. The zero-order valence-electron chi connectivity index (χ0n) is 18.1. The number of aliphatic hydroxyl groups excluding tert-OH is 1. The van der Waals surface area contributed by atoms with Crippen LogP contribution in [0, 0.1) is 12.8 Å². The van der Waals surface area contributed by atoms with Gasteiger partial charge in [0.15, 0.2) is 0 Å². The Labute approximate surface area is 176 Å². The molecule has 0 aromatic heterocycles. The van der Waals surface area contributed by atoms with Gasteiger partial charge in [-0.05, 0) is 55.9 Å². The van der Waals surface area contributed by atoms with Crippen LogP contribution in [0.4, 0.5) is 0 Å². The van der Waals surface area contributed by atoms with E-state index in [2.05, 4.69) is 75.0 Å². The van der Waals surface area contributed by atoms with Gasteiger partial charge in [0.1, 0.15) is 0 Å². The van der Waals surface area contributed by atoms with Crippen LogP contribution in [0.15, 0.2) is 85.4 Å². The molecule has 0 heterocycles. The van der Waals surface area contributed by atoms with Gasteiger partial charge in [-0.3, -0.25) is 0 Å². The third-order valence-corrected chi connectivity index (χ3v) is 5.33. The van der Waals surface area contributed by atoms with Crippen LogP contribution in [0.1, 0.15) is 50.7 Å². The van der Waals surface area contributed by atoms with Crippen LogP contribution in [0.25, 0.3) is 11.1 Å². The van der Waals surface area contributed by atoms with Crippen molar-refractivity contribution in [3.05, 3.63) is 96.5 Å². The minimum absolute atomic E-state index is 0.159. The average Bonchev–Trinajstić information content (AvgIpc) is 2.75. The third kappa shape index (κ3) is 6.76. The van der Waals surface area contributed by atoms with Gasteiger partial charge in [-0.15, -0.1) is 6.58 Å². The van der Waals surface area contributed by atoms with Crippen molar-refractivity contribution in [2.24, 2.45) is 5.92 Å². The summed E-state index contributed by atoms with van der Waals surface area (Å²) in [6.07, 6.45) is 8.50. The molecule has 0 radical (unpaired) electrons. The van der Waals surface area contributed by atoms with E-state index in [1.807, 2.05) is 19.9 Å². The minimum atomic E-state index is -0.501. The first-order valence-electron chi connectivity index (χ1n) is 10.4. The monoisotopic (exact) mass is 390 g/mol. The maximum Gasteiger partial charge on any atom is 0.0967 e. The molecule has 154 valence electrons. The molecule has 3 atom stereocenters. The zero-order valence-corrected chi connectivity index (χ0v) is 18.1.